The molecule has 1 atom stereocenters. The van der Waals surface area contributed by atoms with Gasteiger partial charge in [0.2, 0.25) is 0 Å². The maximum Gasteiger partial charge on any atom is 0.147 e. The number of pyridine rings is 1. The molecule has 2 N–H and O–H groups in total. The lowest BCUT2D eigenvalue weighted by atomic mass is 10.2. The lowest BCUT2D eigenvalue weighted by Gasteiger charge is -2.32. The Morgan fingerprint density at radius 3 is 2.90 bits per heavy atom. The molecular formula is C14H16ClN5O. The molecule has 0 amide bonds. The Morgan fingerprint density at radius 1 is 1.29 bits per heavy atom. The number of morpholine rings is 1. The van der Waals surface area contributed by atoms with Gasteiger partial charge < -0.3 is 10.5 Å². The first-order valence-corrected chi connectivity index (χ1v) is 7.11. The summed E-state index contributed by atoms with van der Waals surface area (Å²) in [5.74, 6) is 0.425. The molecule has 0 bridgehead atoms. The highest BCUT2D eigenvalue weighted by molar-refractivity contribution is 6.30. The van der Waals surface area contributed by atoms with Crippen LogP contribution >= 0.6 is 11.6 Å². The van der Waals surface area contributed by atoms with E-state index in [1.807, 2.05) is 12.1 Å². The summed E-state index contributed by atoms with van der Waals surface area (Å²) >= 11 is 5.85. The molecular weight excluding hydrogens is 290 g/mol. The topological polar surface area (TPSA) is 77.2 Å². The van der Waals surface area contributed by atoms with E-state index in [0.29, 0.717) is 29.7 Å². The molecule has 1 fully saturated rings. The number of halogens is 1. The van der Waals surface area contributed by atoms with Gasteiger partial charge in [0.05, 0.1) is 17.3 Å². The smallest absolute Gasteiger partial charge is 0.147 e. The number of nitrogens with two attached hydrogens (primary N) is 1. The van der Waals surface area contributed by atoms with Crippen LogP contribution < -0.4 is 5.73 Å². The Bertz CT molecular complexity index is 607. The summed E-state index contributed by atoms with van der Waals surface area (Å²) in [5.41, 5.74) is 7.55. The number of hydrogen-bond donors (Lipinski definition) is 1. The molecule has 110 valence electrons. The van der Waals surface area contributed by atoms with Crippen LogP contribution in [0.4, 0.5) is 5.82 Å². The third-order valence-electron chi connectivity index (χ3n) is 3.39. The van der Waals surface area contributed by atoms with Crippen LogP contribution in [0.2, 0.25) is 5.02 Å². The molecule has 2 aromatic heterocycles. The molecule has 21 heavy (non-hydrogen) atoms. The summed E-state index contributed by atoms with van der Waals surface area (Å²) in [6.07, 6.45) is 4.72. The molecule has 2 aromatic rings. The zero-order chi connectivity index (χ0) is 14.7. The van der Waals surface area contributed by atoms with E-state index in [9.17, 15) is 0 Å². The minimum atomic E-state index is -0.153. The van der Waals surface area contributed by atoms with Crippen LogP contribution in [0, 0.1) is 0 Å². The first-order valence-electron chi connectivity index (χ1n) is 6.73. The van der Waals surface area contributed by atoms with E-state index in [4.69, 9.17) is 22.1 Å². The predicted molar refractivity (Wildman–Crippen MR) is 79.7 cm³/mol. The normalized spacial score (nSPS) is 19.6. The Hall–Kier alpha value is -1.76. The second kappa shape index (κ2) is 6.34. The van der Waals surface area contributed by atoms with Gasteiger partial charge in [-0.15, -0.1) is 0 Å². The molecule has 7 heteroatoms. The van der Waals surface area contributed by atoms with Crippen LogP contribution in [0.25, 0.3) is 0 Å². The largest absolute Gasteiger partial charge is 0.382 e. The number of nitrogen functional groups attached to an aromatic ring is 1. The Morgan fingerprint density at radius 2 is 2.14 bits per heavy atom. The van der Waals surface area contributed by atoms with Crippen molar-refractivity contribution < 1.29 is 4.74 Å². The van der Waals surface area contributed by atoms with Crippen molar-refractivity contribution in [2.24, 2.45) is 0 Å². The minimum Gasteiger partial charge on any atom is -0.382 e. The molecule has 1 saturated heterocycles. The molecule has 3 heterocycles. The first-order chi connectivity index (χ1) is 10.2. The van der Waals surface area contributed by atoms with Gasteiger partial charge in [0, 0.05) is 38.2 Å². The van der Waals surface area contributed by atoms with E-state index < -0.39 is 0 Å². The predicted octanol–water partition coefficient (Wildman–Crippen LogP) is 1.68. The lowest BCUT2D eigenvalue weighted by molar-refractivity contribution is -0.0350. The van der Waals surface area contributed by atoms with Crippen molar-refractivity contribution in [3.63, 3.8) is 0 Å². The average molecular weight is 306 g/mol. The Labute approximate surface area is 127 Å². The number of aromatic nitrogens is 3. The van der Waals surface area contributed by atoms with E-state index in [-0.39, 0.29) is 6.10 Å². The molecule has 0 aliphatic carbocycles. The SMILES string of the molecule is Nc1nccnc1[C@@H]1CN(Cc2ccc(Cl)cn2)CCO1. The summed E-state index contributed by atoms with van der Waals surface area (Å²) in [6.45, 7) is 2.94. The molecule has 1 aliphatic heterocycles. The standard InChI is InChI=1S/C14H16ClN5O/c15-10-1-2-11(19-7-10)8-20-5-6-21-12(9-20)13-14(16)18-4-3-17-13/h1-4,7,12H,5-6,8-9H2,(H2,16,18)/t12-/m0/s1. The van der Waals surface area contributed by atoms with Crippen molar-refractivity contribution in [3.8, 4) is 0 Å². The van der Waals surface area contributed by atoms with Gasteiger partial charge in [-0.2, -0.15) is 0 Å². The van der Waals surface area contributed by atoms with Crippen LogP contribution in [0.3, 0.4) is 0 Å². The van der Waals surface area contributed by atoms with Crippen molar-refractivity contribution in [2.75, 3.05) is 25.4 Å². The maximum absolute atomic E-state index is 5.87. The number of rotatable bonds is 3. The Balaban J connectivity index is 1.68. The van der Waals surface area contributed by atoms with Gasteiger partial charge in [0.15, 0.2) is 0 Å². The summed E-state index contributed by atoms with van der Waals surface area (Å²) < 4.78 is 5.77. The fraction of sp³-hybridized carbons (Fsp3) is 0.357. The number of anilines is 1. The molecule has 3 rings (SSSR count). The quantitative estimate of drug-likeness (QED) is 0.929. The summed E-state index contributed by atoms with van der Waals surface area (Å²) in [7, 11) is 0. The first kappa shape index (κ1) is 14.2. The summed E-state index contributed by atoms with van der Waals surface area (Å²) in [5, 5.41) is 0.644. The second-order valence-corrected chi connectivity index (χ2v) is 5.33. The lowest BCUT2D eigenvalue weighted by Crippen LogP contribution is -2.38. The van der Waals surface area contributed by atoms with Gasteiger partial charge in [-0.05, 0) is 12.1 Å². The molecule has 1 aliphatic rings. The molecule has 0 aromatic carbocycles. The monoisotopic (exact) mass is 305 g/mol. The third kappa shape index (κ3) is 3.47. The molecule has 0 saturated carbocycles. The maximum atomic E-state index is 5.87. The van der Waals surface area contributed by atoms with Gasteiger partial charge in [-0.25, -0.2) is 4.98 Å². The molecule has 6 nitrogen and oxygen atoms in total. The third-order valence-corrected chi connectivity index (χ3v) is 3.61. The number of nitrogens with zero attached hydrogens (tertiary/aromatic N) is 4. The van der Waals surface area contributed by atoms with Crippen LogP contribution in [-0.4, -0.2) is 39.5 Å². The van der Waals surface area contributed by atoms with Crippen LogP contribution in [0.5, 0.6) is 0 Å². The van der Waals surface area contributed by atoms with Crippen LogP contribution in [-0.2, 0) is 11.3 Å². The zero-order valence-corrected chi connectivity index (χ0v) is 12.2. The summed E-state index contributed by atoms with van der Waals surface area (Å²) in [4.78, 5) is 14.9. The molecule has 0 spiro atoms. The minimum absolute atomic E-state index is 0.153. The highest BCUT2D eigenvalue weighted by Gasteiger charge is 2.25. The van der Waals surface area contributed by atoms with Crippen LogP contribution in [0.15, 0.2) is 30.7 Å². The van der Waals surface area contributed by atoms with Gasteiger partial charge >= 0.3 is 0 Å². The number of hydrogen-bond acceptors (Lipinski definition) is 6. The van der Waals surface area contributed by atoms with Crippen molar-refractivity contribution in [1.82, 2.24) is 19.9 Å². The summed E-state index contributed by atoms with van der Waals surface area (Å²) in [6, 6.07) is 3.78. The van der Waals surface area contributed by atoms with Crippen molar-refractivity contribution in [1.29, 1.82) is 0 Å². The Kier molecular flexibility index (Phi) is 4.28. The fourth-order valence-electron chi connectivity index (χ4n) is 2.35. The van der Waals surface area contributed by atoms with Gasteiger partial charge in [-0.1, -0.05) is 11.6 Å². The highest BCUT2D eigenvalue weighted by Crippen LogP contribution is 2.24. The van der Waals surface area contributed by atoms with Crippen molar-refractivity contribution in [3.05, 3.63) is 47.1 Å². The van der Waals surface area contributed by atoms with E-state index in [1.165, 1.54) is 0 Å². The van der Waals surface area contributed by atoms with Gasteiger partial charge in [-0.3, -0.25) is 14.9 Å². The molecule has 0 radical (unpaired) electrons. The van der Waals surface area contributed by atoms with E-state index >= 15 is 0 Å². The van der Waals surface area contributed by atoms with Gasteiger partial charge in [0.25, 0.3) is 0 Å². The van der Waals surface area contributed by atoms with Gasteiger partial charge in [0.1, 0.15) is 17.6 Å². The fourth-order valence-corrected chi connectivity index (χ4v) is 2.46. The van der Waals surface area contributed by atoms with Crippen molar-refractivity contribution in [2.45, 2.75) is 12.6 Å². The highest BCUT2D eigenvalue weighted by atomic mass is 35.5. The number of ether oxygens (including phenoxy) is 1. The van der Waals surface area contributed by atoms with E-state index in [0.717, 1.165) is 18.8 Å². The second-order valence-electron chi connectivity index (χ2n) is 4.89. The van der Waals surface area contributed by atoms with Crippen molar-refractivity contribution >= 4 is 17.4 Å². The van der Waals surface area contributed by atoms with Crippen LogP contribution in [0.1, 0.15) is 17.5 Å². The van der Waals surface area contributed by atoms with E-state index in [2.05, 4.69) is 19.9 Å². The van der Waals surface area contributed by atoms with E-state index in [1.54, 1.807) is 18.6 Å². The molecule has 0 unspecified atom stereocenters. The average Bonchev–Trinajstić information content (AvgIpc) is 2.50. The zero-order valence-electron chi connectivity index (χ0n) is 11.4.